The largest absolute Gasteiger partial charge is 0.392 e. The minimum absolute atomic E-state index is 0.0711. The topological polar surface area (TPSA) is 76.4 Å². The van der Waals surface area contributed by atoms with Crippen LogP contribution in [0.1, 0.15) is 25.3 Å². The number of amides is 1. The van der Waals surface area contributed by atoms with Crippen LogP contribution in [-0.4, -0.2) is 41.7 Å². The third-order valence-electron chi connectivity index (χ3n) is 3.93. The molecule has 5 heteroatoms. The number of piperidine rings is 1. The van der Waals surface area contributed by atoms with Crippen molar-refractivity contribution in [3.05, 3.63) is 29.8 Å². The van der Waals surface area contributed by atoms with Gasteiger partial charge in [-0.25, -0.2) is 0 Å². The fourth-order valence-corrected chi connectivity index (χ4v) is 2.47. The molecule has 5 nitrogen and oxygen atoms in total. The third kappa shape index (κ3) is 4.55. The molecule has 1 aliphatic rings. The Balaban J connectivity index is 1.78. The maximum absolute atomic E-state index is 11.9. The zero-order chi connectivity index (χ0) is 15.2. The first-order chi connectivity index (χ1) is 10.1. The molecule has 1 amide bonds. The molecule has 1 fully saturated rings. The van der Waals surface area contributed by atoms with Gasteiger partial charge in [0.15, 0.2) is 0 Å². The lowest BCUT2D eigenvalue weighted by molar-refractivity contribution is -0.116. The van der Waals surface area contributed by atoms with Crippen LogP contribution in [0.25, 0.3) is 0 Å². The van der Waals surface area contributed by atoms with Crippen LogP contribution in [0.15, 0.2) is 24.3 Å². The molecule has 0 aromatic heterocycles. The number of nitrogens with zero attached hydrogens (tertiary/aromatic N) is 2. The Morgan fingerprint density at radius 3 is 3.10 bits per heavy atom. The highest BCUT2D eigenvalue weighted by Crippen LogP contribution is 2.17. The van der Waals surface area contributed by atoms with Gasteiger partial charge in [0.1, 0.15) is 0 Å². The Morgan fingerprint density at radius 2 is 2.38 bits per heavy atom. The van der Waals surface area contributed by atoms with Crippen molar-refractivity contribution in [2.24, 2.45) is 5.92 Å². The van der Waals surface area contributed by atoms with Crippen LogP contribution in [0, 0.1) is 17.2 Å². The van der Waals surface area contributed by atoms with Crippen LogP contribution in [0.4, 0.5) is 5.69 Å². The van der Waals surface area contributed by atoms with Crippen molar-refractivity contribution >= 4 is 11.6 Å². The lowest BCUT2D eigenvalue weighted by Crippen LogP contribution is -2.43. The Morgan fingerprint density at radius 1 is 1.57 bits per heavy atom. The van der Waals surface area contributed by atoms with Crippen molar-refractivity contribution in [2.75, 3.05) is 25.0 Å². The van der Waals surface area contributed by atoms with E-state index in [1.165, 1.54) is 0 Å². The molecule has 21 heavy (non-hydrogen) atoms. The molecule has 0 bridgehead atoms. The van der Waals surface area contributed by atoms with E-state index in [1.807, 2.05) is 6.07 Å². The van der Waals surface area contributed by atoms with E-state index in [2.05, 4.69) is 17.1 Å². The van der Waals surface area contributed by atoms with E-state index in [0.29, 0.717) is 36.7 Å². The first-order valence-electron chi connectivity index (χ1n) is 7.29. The van der Waals surface area contributed by atoms with Gasteiger partial charge in [-0.15, -0.1) is 0 Å². The van der Waals surface area contributed by atoms with Gasteiger partial charge in [-0.2, -0.15) is 5.26 Å². The summed E-state index contributed by atoms with van der Waals surface area (Å²) in [5, 5.41) is 21.5. The van der Waals surface area contributed by atoms with Gasteiger partial charge in [0, 0.05) is 25.2 Å². The number of benzene rings is 1. The molecule has 0 spiro atoms. The highest BCUT2D eigenvalue weighted by Gasteiger charge is 2.24. The summed E-state index contributed by atoms with van der Waals surface area (Å²) in [7, 11) is 0. The molecular formula is C16H21N3O2. The number of aliphatic hydroxyl groups excluding tert-OH is 1. The standard InChI is InChI=1S/C16H21N3O2/c1-12-5-7-19(11-15(12)20)8-6-16(21)18-14-4-2-3-13(9-14)10-17/h2-4,9,12,15,20H,5-8,11H2,1H3,(H,18,21). The van der Waals surface area contributed by atoms with E-state index in [0.717, 1.165) is 13.0 Å². The van der Waals surface area contributed by atoms with E-state index in [1.54, 1.807) is 24.3 Å². The van der Waals surface area contributed by atoms with Gasteiger partial charge < -0.3 is 15.3 Å². The van der Waals surface area contributed by atoms with Crippen molar-refractivity contribution in [1.29, 1.82) is 5.26 Å². The van der Waals surface area contributed by atoms with Crippen LogP contribution in [-0.2, 0) is 4.79 Å². The predicted molar refractivity (Wildman–Crippen MR) is 80.6 cm³/mol. The fraction of sp³-hybridized carbons (Fsp3) is 0.500. The zero-order valence-electron chi connectivity index (χ0n) is 12.2. The number of anilines is 1. The van der Waals surface area contributed by atoms with Gasteiger partial charge in [0.25, 0.3) is 0 Å². The number of carbonyl (C=O) groups is 1. The SMILES string of the molecule is CC1CCN(CCC(=O)Nc2cccc(C#N)c2)CC1O. The van der Waals surface area contributed by atoms with E-state index in [9.17, 15) is 9.90 Å². The molecule has 0 radical (unpaired) electrons. The first kappa shape index (κ1) is 15.5. The molecule has 2 rings (SSSR count). The van der Waals surface area contributed by atoms with Crippen LogP contribution >= 0.6 is 0 Å². The monoisotopic (exact) mass is 287 g/mol. The molecule has 1 saturated heterocycles. The third-order valence-corrected chi connectivity index (χ3v) is 3.93. The van der Waals surface area contributed by atoms with Crippen molar-refractivity contribution < 1.29 is 9.90 Å². The highest BCUT2D eigenvalue weighted by molar-refractivity contribution is 5.90. The Bertz CT molecular complexity index is 539. The van der Waals surface area contributed by atoms with E-state index >= 15 is 0 Å². The van der Waals surface area contributed by atoms with Crippen molar-refractivity contribution in [2.45, 2.75) is 25.9 Å². The van der Waals surface area contributed by atoms with Gasteiger partial charge in [-0.3, -0.25) is 4.79 Å². The summed E-state index contributed by atoms with van der Waals surface area (Å²) in [6.45, 7) is 4.26. The van der Waals surface area contributed by atoms with Crippen LogP contribution in [0.2, 0.25) is 0 Å². The van der Waals surface area contributed by atoms with Gasteiger partial charge in [0.2, 0.25) is 5.91 Å². The average Bonchev–Trinajstić information content (AvgIpc) is 2.48. The Labute approximate surface area is 125 Å². The molecule has 112 valence electrons. The normalized spacial score (nSPS) is 22.5. The maximum atomic E-state index is 11.9. The molecule has 1 aromatic carbocycles. The minimum atomic E-state index is -0.297. The zero-order valence-corrected chi connectivity index (χ0v) is 12.2. The van der Waals surface area contributed by atoms with Crippen molar-refractivity contribution in [3.8, 4) is 6.07 Å². The molecule has 2 unspecified atom stereocenters. The number of aliphatic hydroxyl groups is 1. The summed E-state index contributed by atoms with van der Waals surface area (Å²) >= 11 is 0. The number of β-amino-alcohol motifs (C(OH)–C–C–N with tert-alkyl or cyclic N) is 1. The van der Waals surface area contributed by atoms with Crippen molar-refractivity contribution in [1.82, 2.24) is 4.90 Å². The molecule has 0 aliphatic carbocycles. The van der Waals surface area contributed by atoms with Crippen LogP contribution in [0.5, 0.6) is 0 Å². The molecule has 1 heterocycles. The summed E-state index contributed by atoms with van der Waals surface area (Å²) in [5.74, 6) is 0.266. The highest BCUT2D eigenvalue weighted by atomic mass is 16.3. The summed E-state index contributed by atoms with van der Waals surface area (Å²) in [6, 6.07) is 8.92. The van der Waals surface area contributed by atoms with Crippen molar-refractivity contribution in [3.63, 3.8) is 0 Å². The molecule has 1 aromatic rings. The lowest BCUT2D eigenvalue weighted by Gasteiger charge is -2.34. The first-order valence-corrected chi connectivity index (χ1v) is 7.29. The fourth-order valence-electron chi connectivity index (χ4n) is 2.47. The second-order valence-electron chi connectivity index (χ2n) is 5.62. The number of likely N-dealkylation sites (tertiary alicyclic amines) is 1. The minimum Gasteiger partial charge on any atom is -0.392 e. The number of hydrogen-bond acceptors (Lipinski definition) is 4. The molecule has 0 saturated carbocycles. The number of nitrogens with one attached hydrogen (secondary N) is 1. The Hall–Kier alpha value is -1.90. The van der Waals surface area contributed by atoms with E-state index in [4.69, 9.17) is 5.26 Å². The number of hydrogen-bond donors (Lipinski definition) is 2. The van der Waals surface area contributed by atoms with Gasteiger partial charge in [-0.05, 0) is 37.1 Å². The molecule has 2 N–H and O–H groups in total. The number of carbonyl (C=O) groups excluding carboxylic acids is 1. The molecule has 2 atom stereocenters. The van der Waals surface area contributed by atoms with Crippen LogP contribution in [0.3, 0.4) is 0 Å². The van der Waals surface area contributed by atoms with Crippen LogP contribution < -0.4 is 5.32 Å². The second-order valence-corrected chi connectivity index (χ2v) is 5.62. The van der Waals surface area contributed by atoms with E-state index in [-0.39, 0.29) is 12.0 Å². The summed E-state index contributed by atoms with van der Waals surface area (Å²) in [6.07, 6.45) is 1.05. The van der Waals surface area contributed by atoms with Gasteiger partial charge in [-0.1, -0.05) is 13.0 Å². The Kier molecular flexibility index (Phi) is 5.32. The summed E-state index contributed by atoms with van der Waals surface area (Å²) < 4.78 is 0. The quantitative estimate of drug-likeness (QED) is 0.881. The number of rotatable bonds is 4. The van der Waals surface area contributed by atoms with E-state index < -0.39 is 0 Å². The molecule has 1 aliphatic heterocycles. The molecular weight excluding hydrogens is 266 g/mol. The predicted octanol–water partition coefficient (Wildman–Crippen LogP) is 1.59. The summed E-state index contributed by atoms with van der Waals surface area (Å²) in [5.41, 5.74) is 1.17. The second kappa shape index (κ2) is 7.21. The summed E-state index contributed by atoms with van der Waals surface area (Å²) in [4.78, 5) is 14.0. The smallest absolute Gasteiger partial charge is 0.225 e. The van der Waals surface area contributed by atoms with Gasteiger partial charge >= 0.3 is 0 Å². The average molecular weight is 287 g/mol. The lowest BCUT2D eigenvalue weighted by atomic mass is 9.96. The maximum Gasteiger partial charge on any atom is 0.225 e. The number of nitriles is 1. The van der Waals surface area contributed by atoms with Gasteiger partial charge in [0.05, 0.1) is 17.7 Å².